The van der Waals surface area contributed by atoms with Gasteiger partial charge >= 0.3 is 0 Å². The smallest absolute Gasteiger partial charge is 0.281 e. The first-order valence-corrected chi connectivity index (χ1v) is 7.77. The van der Waals surface area contributed by atoms with Crippen molar-refractivity contribution in [3.05, 3.63) is 54.1 Å². The van der Waals surface area contributed by atoms with Crippen LogP contribution in [0.25, 0.3) is 11.1 Å². The van der Waals surface area contributed by atoms with Gasteiger partial charge in [0.2, 0.25) is 5.78 Å². The summed E-state index contributed by atoms with van der Waals surface area (Å²) in [5.41, 5.74) is 1.80. The Morgan fingerprint density at radius 2 is 1.48 bits per heavy atom. The molecule has 3 rings (SSSR count). The minimum atomic E-state index is -2.30. The molecule has 1 aliphatic heterocycles. The van der Waals surface area contributed by atoms with Gasteiger partial charge in [-0.1, -0.05) is 77.3 Å². The lowest BCUT2D eigenvalue weighted by molar-refractivity contribution is -0.119. The van der Waals surface area contributed by atoms with Crippen LogP contribution in [0.1, 0.15) is 10.4 Å². The number of hydrogen-bond donors (Lipinski definition) is 1. The summed E-state index contributed by atoms with van der Waals surface area (Å²) in [7, 11) is 0. The van der Waals surface area contributed by atoms with Crippen molar-refractivity contribution < 1.29 is 14.7 Å². The molecule has 2 aromatic carbocycles. The van der Waals surface area contributed by atoms with E-state index >= 15 is 0 Å². The van der Waals surface area contributed by atoms with E-state index in [4.69, 9.17) is 34.8 Å². The van der Waals surface area contributed by atoms with Gasteiger partial charge in [0.15, 0.2) is 6.23 Å². The molecule has 0 fully saturated rings. The van der Waals surface area contributed by atoms with Gasteiger partial charge in [-0.15, -0.1) is 0 Å². The molecule has 0 aromatic heterocycles. The summed E-state index contributed by atoms with van der Waals surface area (Å²) >= 11 is 17.0. The number of halogens is 3. The van der Waals surface area contributed by atoms with Gasteiger partial charge in [0.05, 0.1) is 5.69 Å². The second-order valence-corrected chi connectivity index (χ2v) is 7.25. The summed E-state index contributed by atoms with van der Waals surface area (Å²) < 4.78 is -2.30. The highest BCUT2D eigenvalue weighted by molar-refractivity contribution is 6.77. The van der Waals surface area contributed by atoms with Gasteiger partial charge in [0.25, 0.3) is 9.70 Å². The Balaban J connectivity index is 2.30. The molecule has 118 valence electrons. The predicted octanol–water partition coefficient (Wildman–Crippen LogP) is 3.57. The molecular formula is C16H10Cl3NO3. The Hall–Kier alpha value is -1.59. The van der Waals surface area contributed by atoms with Crippen LogP contribution in [0.5, 0.6) is 0 Å². The van der Waals surface area contributed by atoms with E-state index < -0.39 is 21.7 Å². The molecule has 7 heteroatoms. The number of aliphatic hydroxyl groups is 1. The van der Waals surface area contributed by atoms with Crippen LogP contribution in [0.3, 0.4) is 0 Å². The first-order valence-electron chi connectivity index (χ1n) is 6.63. The lowest BCUT2D eigenvalue weighted by Gasteiger charge is -2.29. The number of para-hydroxylation sites is 1. The van der Waals surface area contributed by atoms with E-state index in [9.17, 15) is 14.7 Å². The second kappa shape index (κ2) is 5.80. The van der Waals surface area contributed by atoms with E-state index in [2.05, 4.69) is 0 Å². The molecule has 1 heterocycles. The van der Waals surface area contributed by atoms with Gasteiger partial charge in [-0.3, -0.25) is 14.5 Å². The van der Waals surface area contributed by atoms with Crippen molar-refractivity contribution >= 4 is 52.2 Å². The zero-order chi connectivity index (χ0) is 16.8. The second-order valence-electron chi connectivity index (χ2n) is 4.97. The predicted molar refractivity (Wildman–Crippen MR) is 90.0 cm³/mol. The topological polar surface area (TPSA) is 57.6 Å². The average Bonchev–Trinajstić information content (AvgIpc) is 2.62. The zero-order valence-electron chi connectivity index (χ0n) is 11.5. The van der Waals surface area contributed by atoms with E-state index in [1.165, 1.54) is 0 Å². The molecule has 1 N–H and O–H groups in total. The third-order valence-corrected chi connectivity index (χ3v) is 4.07. The summed E-state index contributed by atoms with van der Waals surface area (Å²) in [6.45, 7) is 0. The van der Waals surface area contributed by atoms with Crippen molar-refractivity contribution in [1.29, 1.82) is 0 Å². The Kier molecular flexibility index (Phi) is 4.10. The lowest BCUT2D eigenvalue weighted by Crippen LogP contribution is -2.49. The van der Waals surface area contributed by atoms with E-state index in [0.29, 0.717) is 22.4 Å². The van der Waals surface area contributed by atoms with Crippen molar-refractivity contribution in [3.8, 4) is 11.1 Å². The van der Waals surface area contributed by atoms with E-state index in [1.807, 2.05) is 0 Å². The van der Waals surface area contributed by atoms with Gasteiger partial charge < -0.3 is 5.11 Å². The fraction of sp³-hybridized carbons (Fsp3) is 0.125. The van der Waals surface area contributed by atoms with Crippen LogP contribution in [-0.4, -0.2) is 26.8 Å². The van der Waals surface area contributed by atoms with Crippen molar-refractivity contribution in [3.63, 3.8) is 0 Å². The number of hydrogen-bond acceptors (Lipinski definition) is 3. The maximum absolute atomic E-state index is 12.6. The molecule has 0 aliphatic carbocycles. The number of Topliss-reactive ketones (excluding diaryl/α,β-unsaturated/α-hetero) is 1. The summed E-state index contributed by atoms with van der Waals surface area (Å²) in [4.78, 5) is 25.9. The summed E-state index contributed by atoms with van der Waals surface area (Å²) in [5.74, 6) is -1.64. The largest absolute Gasteiger partial charge is 0.366 e. The Labute approximate surface area is 147 Å². The van der Waals surface area contributed by atoms with Crippen molar-refractivity contribution in [2.24, 2.45) is 0 Å². The number of benzene rings is 2. The summed E-state index contributed by atoms with van der Waals surface area (Å²) in [6.07, 6.45) is -1.78. The Bertz CT molecular complexity index is 801. The van der Waals surface area contributed by atoms with Gasteiger partial charge in [-0.2, -0.15) is 0 Å². The molecular weight excluding hydrogens is 361 g/mol. The Morgan fingerprint density at radius 3 is 2.09 bits per heavy atom. The van der Waals surface area contributed by atoms with Crippen LogP contribution in [0, 0.1) is 0 Å². The summed E-state index contributed by atoms with van der Waals surface area (Å²) in [6, 6.07) is 13.5. The van der Waals surface area contributed by atoms with Gasteiger partial charge in [-0.25, -0.2) is 0 Å². The quantitative estimate of drug-likeness (QED) is 0.721. The number of alkyl halides is 3. The molecule has 0 radical (unpaired) electrons. The van der Waals surface area contributed by atoms with E-state index in [1.54, 1.807) is 48.5 Å². The normalized spacial score (nSPS) is 17.3. The molecule has 23 heavy (non-hydrogen) atoms. The highest BCUT2D eigenvalue weighted by Gasteiger charge is 2.43. The summed E-state index contributed by atoms with van der Waals surface area (Å²) in [5, 5.41) is 10.4. The molecule has 0 unspecified atom stereocenters. The maximum atomic E-state index is 12.6. The van der Waals surface area contributed by atoms with Crippen molar-refractivity contribution in [1.82, 2.24) is 0 Å². The highest BCUT2D eigenvalue weighted by Crippen LogP contribution is 2.40. The number of aliphatic hydroxyl groups excluding tert-OH is 1. The lowest BCUT2D eigenvalue weighted by atomic mass is 9.97. The zero-order valence-corrected chi connectivity index (χ0v) is 13.8. The van der Waals surface area contributed by atoms with Crippen LogP contribution < -0.4 is 4.90 Å². The van der Waals surface area contributed by atoms with Crippen molar-refractivity contribution in [2.45, 2.75) is 10.0 Å². The minimum absolute atomic E-state index is 0.298. The van der Waals surface area contributed by atoms with E-state index in [-0.39, 0.29) is 0 Å². The van der Waals surface area contributed by atoms with Crippen LogP contribution >= 0.6 is 34.8 Å². The highest BCUT2D eigenvalue weighted by atomic mass is 35.6. The molecule has 4 nitrogen and oxygen atoms in total. The third kappa shape index (κ3) is 2.72. The molecule has 1 atom stereocenters. The number of nitrogens with zero attached hydrogens (tertiary/aromatic N) is 1. The van der Waals surface area contributed by atoms with Crippen LogP contribution in [-0.2, 0) is 4.79 Å². The Morgan fingerprint density at radius 1 is 0.957 bits per heavy atom. The number of carbonyl (C=O) groups is 2. The first kappa shape index (κ1) is 16.3. The molecule has 0 saturated heterocycles. The SMILES string of the molecule is O=C1c2ccccc2-c2ccccc2N(C(=O)C(Cl)(Cl)Cl)[C@@H]1O. The molecule has 1 amide bonds. The standard InChI is InChI=1S/C16H10Cl3NO3/c17-16(18,19)15(23)20-12-8-4-3-6-10(12)9-5-1-2-7-11(9)13(21)14(20)22/h1-8,14,22H/t14-/m1/s1. The number of rotatable bonds is 0. The first-order chi connectivity index (χ1) is 10.8. The monoisotopic (exact) mass is 369 g/mol. The number of carbonyl (C=O) groups excluding carboxylic acids is 2. The fourth-order valence-corrected chi connectivity index (χ4v) is 2.86. The van der Waals surface area contributed by atoms with Crippen LogP contribution in [0.2, 0.25) is 0 Å². The fourth-order valence-electron chi connectivity index (χ4n) is 2.59. The average molecular weight is 371 g/mol. The molecule has 2 aromatic rings. The van der Waals surface area contributed by atoms with Gasteiger partial charge in [0.1, 0.15) is 0 Å². The number of amides is 1. The molecule has 1 aliphatic rings. The number of ketones is 1. The van der Waals surface area contributed by atoms with Crippen molar-refractivity contribution in [2.75, 3.05) is 4.90 Å². The minimum Gasteiger partial charge on any atom is -0.366 e. The van der Waals surface area contributed by atoms with Crippen LogP contribution in [0.4, 0.5) is 5.69 Å². The van der Waals surface area contributed by atoms with E-state index in [0.717, 1.165) is 4.90 Å². The molecule has 0 saturated carbocycles. The van der Waals surface area contributed by atoms with Crippen LogP contribution in [0.15, 0.2) is 48.5 Å². The maximum Gasteiger partial charge on any atom is 0.281 e. The van der Waals surface area contributed by atoms with Gasteiger partial charge in [-0.05, 0) is 11.6 Å². The molecule has 0 spiro atoms. The third-order valence-electron chi connectivity index (χ3n) is 3.59. The molecule has 0 bridgehead atoms. The number of anilines is 1. The number of fused-ring (bicyclic) bond motifs is 3. The van der Waals surface area contributed by atoms with Gasteiger partial charge in [0, 0.05) is 11.1 Å².